The van der Waals surface area contributed by atoms with E-state index in [1.165, 1.54) is 0 Å². The number of carbonyl (C=O) groups excluding carboxylic acids is 1. The molecule has 0 radical (unpaired) electrons. The quantitative estimate of drug-likeness (QED) is 0.580. The molecule has 3 rings (SSSR count). The Morgan fingerprint density at radius 1 is 1.35 bits per heavy atom. The van der Waals surface area contributed by atoms with Gasteiger partial charge in [-0.1, -0.05) is 0 Å². The van der Waals surface area contributed by atoms with E-state index in [0.717, 1.165) is 26.4 Å². The average molecular weight is 342 g/mol. The molecule has 0 saturated carbocycles. The third-order valence-corrected chi connectivity index (χ3v) is 3.77. The topological polar surface area (TPSA) is 38.8 Å². The number of fused-ring (bicyclic) bond motifs is 2. The maximum absolute atomic E-state index is 11.4. The highest BCUT2D eigenvalue weighted by molar-refractivity contribution is 14.1. The van der Waals surface area contributed by atoms with E-state index in [4.69, 9.17) is 9.47 Å². The van der Waals surface area contributed by atoms with Crippen LogP contribution in [-0.4, -0.2) is 11.4 Å². The van der Waals surface area contributed by atoms with Gasteiger partial charge in [0, 0.05) is 5.56 Å². The Morgan fingerprint density at radius 2 is 2.06 bits per heavy atom. The summed E-state index contributed by atoms with van der Waals surface area (Å²) < 4.78 is 12.4. The van der Waals surface area contributed by atoms with Gasteiger partial charge in [0.2, 0.25) is 0 Å². The second kappa shape index (κ2) is 3.25. The first-order valence-corrected chi connectivity index (χ1v) is 6.44. The highest BCUT2D eigenvalue weighted by Gasteiger charge is 2.48. The first-order valence-electron chi connectivity index (χ1n) is 5.36. The Balaban J connectivity index is 2.21. The molecule has 0 N–H and O–H groups in total. The fourth-order valence-electron chi connectivity index (χ4n) is 2.02. The lowest BCUT2D eigenvalue weighted by molar-refractivity contribution is 0.101. The maximum atomic E-state index is 11.4. The molecule has 0 atom stereocenters. The van der Waals surface area contributed by atoms with E-state index in [1.54, 1.807) is 6.92 Å². The standard InChI is InChI=1S/C13H11IO3/c1-6(15)7-4-8-10(9(14)5-7)17-13(2,3)12-11(8)16-12/h4-5H,1-3H3. The van der Waals surface area contributed by atoms with Gasteiger partial charge in [-0.25, -0.2) is 0 Å². The van der Waals surface area contributed by atoms with Gasteiger partial charge < -0.3 is 9.47 Å². The van der Waals surface area contributed by atoms with Crippen molar-refractivity contribution in [1.82, 2.24) is 0 Å². The van der Waals surface area contributed by atoms with Gasteiger partial charge >= 0.3 is 0 Å². The van der Waals surface area contributed by atoms with Crippen molar-refractivity contribution in [3.63, 3.8) is 0 Å². The largest absolute Gasteiger partial charge is 0.478 e. The number of carbonyl (C=O) groups is 1. The summed E-state index contributed by atoms with van der Waals surface area (Å²) >= 11 is 2.19. The van der Waals surface area contributed by atoms with Gasteiger partial charge in [0.25, 0.3) is 0 Å². The number of ether oxygens (including phenoxy) is 2. The van der Waals surface area contributed by atoms with Gasteiger partial charge in [-0.2, -0.15) is 0 Å². The molecule has 0 saturated heterocycles. The van der Waals surface area contributed by atoms with E-state index in [9.17, 15) is 4.79 Å². The number of rotatable bonds is 1. The van der Waals surface area contributed by atoms with Crippen molar-refractivity contribution in [3.8, 4) is 5.75 Å². The van der Waals surface area contributed by atoms with Crippen LogP contribution >= 0.6 is 22.6 Å². The van der Waals surface area contributed by atoms with Crippen LogP contribution in [0.2, 0.25) is 0 Å². The van der Waals surface area contributed by atoms with Gasteiger partial charge in [0.15, 0.2) is 22.9 Å². The van der Waals surface area contributed by atoms with Crippen LogP contribution in [0.4, 0.5) is 0 Å². The van der Waals surface area contributed by atoms with Gasteiger partial charge in [-0.05, 0) is 55.5 Å². The number of halogens is 1. The number of hydrogen-bond donors (Lipinski definition) is 0. The summed E-state index contributed by atoms with van der Waals surface area (Å²) in [5.41, 5.74) is 1.19. The summed E-state index contributed by atoms with van der Waals surface area (Å²) in [5.74, 6) is 2.62. The molecule has 2 aliphatic heterocycles. The zero-order chi connectivity index (χ0) is 12.4. The molecule has 0 unspecified atom stereocenters. The van der Waals surface area contributed by atoms with E-state index >= 15 is 0 Å². The van der Waals surface area contributed by atoms with E-state index in [-0.39, 0.29) is 5.78 Å². The van der Waals surface area contributed by atoms with E-state index in [2.05, 4.69) is 22.6 Å². The Morgan fingerprint density at radius 3 is 2.71 bits per heavy atom. The van der Waals surface area contributed by atoms with Crippen molar-refractivity contribution in [2.24, 2.45) is 0 Å². The van der Waals surface area contributed by atoms with Crippen LogP contribution in [0.25, 0.3) is 5.76 Å². The lowest BCUT2D eigenvalue weighted by Crippen LogP contribution is -2.29. The summed E-state index contributed by atoms with van der Waals surface area (Å²) in [5, 5.41) is 0. The molecular weight excluding hydrogens is 331 g/mol. The van der Waals surface area contributed by atoms with Crippen molar-refractivity contribution in [3.05, 3.63) is 32.6 Å². The average Bonchev–Trinajstić information content (AvgIpc) is 2.99. The molecular formula is C13H11IO3. The molecule has 2 aliphatic rings. The number of benzene rings is 1. The van der Waals surface area contributed by atoms with Crippen molar-refractivity contribution < 1.29 is 14.3 Å². The predicted octanol–water partition coefficient (Wildman–Crippen LogP) is 3.36. The van der Waals surface area contributed by atoms with Gasteiger partial charge in [-0.15, -0.1) is 0 Å². The smallest absolute Gasteiger partial charge is 0.190 e. The molecule has 1 aromatic carbocycles. The molecule has 88 valence electrons. The van der Waals surface area contributed by atoms with E-state index in [1.807, 2.05) is 26.0 Å². The third kappa shape index (κ3) is 1.57. The Labute approximate surface area is 113 Å². The number of hydrogen-bond acceptors (Lipinski definition) is 3. The van der Waals surface area contributed by atoms with Crippen molar-refractivity contribution in [1.29, 1.82) is 0 Å². The Hall–Kier alpha value is -1.04. The summed E-state index contributed by atoms with van der Waals surface area (Å²) in [6.45, 7) is 5.52. The summed E-state index contributed by atoms with van der Waals surface area (Å²) in [4.78, 5) is 11.4. The van der Waals surface area contributed by atoms with Crippen LogP contribution in [-0.2, 0) is 4.74 Å². The molecule has 0 aliphatic carbocycles. The molecule has 0 fully saturated rings. The van der Waals surface area contributed by atoms with Crippen LogP contribution in [0.1, 0.15) is 36.7 Å². The maximum Gasteiger partial charge on any atom is 0.190 e. The highest BCUT2D eigenvalue weighted by atomic mass is 127. The Kier molecular flexibility index (Phi) is 2.12. The minimum absolute atomic E-state index is 0.0540. The number of ketones is 1. The van der Waals surface area contributed by atoms with Gasteiger partial charge in [-0.3, -0.25) is 4.79 Å². The molecule has 17 heavy (non-hydrogen) atoms. The molecule has 0 amide bonds. The molecule has 3 nitrogen and oxygen atoms in total. The number of Topliss-reactive ketones (excluding diaryl/α,β-unsaturated/α-hetero) is 1. The van der Waals surface area contributed by atoms with Crippen LogP contribution < -0.4 is 4.74 Å². The molecule has 1 aromatic rings. The van der Waals surface area contributed by atoms with Crippen LogP contribution in [0, 0.1) is 3.57 Å². The third-order valence-electron chi connectivity index (χ3n) is 2.97. The normalized spacial score (nSPS) is 18.8. The zero-order valence-corrected chi connectivity index (χ0v) is 11.9. The second-order valence-corrected chi connectivity index (χ2v) is 5.93. The summed E-state index contributed by atoms with van der Waals surface area (Å²) in [6, 6.07) is 3.70. The minimum atomic E-state index is -0.403. The van der Waals surface area contributed by atoms with E-state index in [0.29, 0.717) is 5.56 Å². The predicted molar refractivity (Wildman–Crippen MR) is 71.9 cm³/mol. The monoisotopic (exact) mass is 342 g/mol. The zero-order valence-electron chi connectivity index (χ0n) is 9.76. The fourth-order valence-corrected chi connectivity index (χ4v) is 2.76. The SMILES string of the molecule is CC(=O)c1cc(I)c2c(c1)C1=C(O1)C(C)(C)O2. The molecule has 0 aromatic heterocycles. The summed E-state index contributed by atoms with van der Waals surface area (Å²) in [6.07, 6.45) is 0. The van der Waals surface area contributed by atoms with Crippen LogP contribution in [0.15, 0.2) is 17.9 Å². The lowest BCUT2D eigenvalue weighted by Gasteiger charge is -2.25. The van der Waals surface area contributed by atoms with E-state index < -0.39 is 5.60 Å². The van der Waals surface area contributed by atoms with Crippen molar-refractivity contribution in [2.45, 2.75) is 26.4 Å². The molecule has 4 heteroatoms. The highest BCUT2D eigenvalue weighted by Crippen LogP contribution is 2.53. The Bertz CT molecular complexity index is 585. The second-order valence-electron chi connectivity index (χ2n) is 4.76. The van der Waals surface area contributed by atoms with Crippen LogP contribution in [0.3, 0.4) is 0 Å². The summed E-state index contributed by atoms with van der Waals surface area (Å²) in [7, 11) is 0. The van der Waals surface area contributed by atoms with Gasteiger partial charge in [0.1, 0.15) is 5.75 Å². The first-order chi connectivity index (χ1) is 7.90. The fraction of sp³-hybridized carbons (Fsp3) is 0.308. The van der Waals surface area contributed by atoms with Gasteiger partial charge in [0.05, 0.1) is 9.13 Å². The van der Waals surface area contributed by atoms with Crippen LogP contribution in [0.5, 0.6) is 5.75 Å². The first kappa shape index (κ1) is 11.1. The van der Waals surface area contributed by atoms with Crippen molar-refractivity contribution in [2.75, 3.05) is 0 Å². The molecule has 0 spiro atoms. The molecule has 0 bridgehead atoms. The molecule has 2 heterocycles. The van der Waals surface area contributed by atoms with Crippen molar-refractivity contribution >= 4 is 34.1 Å². The lowest BCUT2D eigenvalue weighted by atomic mass is 10.00. The minimum Gasteiger partial charge on any atom is -0.478 e.